The number of ether oxygens (including phenoxy) is 1. The monoisotopic (exact) mass is 256 g/mol. The molecule has 5 heteroatoms. The molecule has 0 radical (unpaired) electrons. The number of hydrogen-bond donors (Lipinski definition) is 1. The van der Waals surface area contributed by atoms with Crippen molar-refractivity contribution in [3.05, 3.63) is 22.8 Å². The van der Waals surface area contributed by atoms with E-state index in [9.17, 15) is 0 Å². The number of aliphatic hydroxyl groups excluding tert-OH is 1. The van der Waals surface area contributed by atoms with Crippen molar-refractivity contribution in [3.8, 4) is 0 Å². The Morgan fingerprint density at radius 3 is 3.12 bits per heavy atom. The predicted octanol–water partition coefficient (Wildman–Crippen LogP) is 1.84. The van der Waals surface area contributed by atoms with Gasteiger partial charge in [-0.15, -0.1) is 0 Å². The fraction of sp³-hybridized carbons (Fsp3) is 0.583. The number of morpholine rings is 1. The van der Waals surface area contributed by atoms with Crippen molar-refractivity contribution in [1.29, 1.82) is 0 Å². The second-order valence-corrected chi connectivity index (χ2v) is 4.54. The minimum absolute atomic E-state index is 0.0344. The summed E-state index contributed by atoms with van der Waals surface area (Å²) in [5.74, 6) is 0.791. The largest absolute Gasteiger partial charge is 0.392 e. The lowest BCUT2D eigenvalue weighted by Crippen LogP contribution is -2.45. The van der Waals surface area contributed by atoms with Crippen molar-refractivity contribution in [2.24, 2.45) is 0 Å². The van der Waals surface area contributed by atoms with Gasteiger partial charge >= 0.3 is 0 Å². The van der Waals surface area contributed by atoms with Gasteiger partial charge in [-0.2, -0.15) is 0 Å². The molecule has 1 aromatic heterocycles. The van der Waals surface area contributed by atoms with Crippen LogP contribution in [0.15, 0.2) is 12.3 Å². The fourth-order valence-corrected chi connectivity index (χ4v) is 2.34. The number of halogens is 1. The van der Waals surface area contributed by atoms with E-state index in [-0.39, 0.29) is 6.61 Å². The lowest BCUT2D eigenvalue weighted by molar-refractivity contribution is 0.0926. The van der Waals surface area contributed by atoms with Crippen LogP contribution < -0.4 is 4.90 Å². The van der Waals surface area contributed by atoms with Crippen molar-refractivity contribution in [2.45, 2.75) is 26.0 Å². The standard InChI is InChI=1S/C12H17ClN2O2/c1-2-10-8-17-4-3-15(10)12-11(13)5-9(7-16)6-14-12/h5-6,10,16H,2-4,7-8H2,1H3. The summed E-state index contributed by atoms with van der Waals surface area (Å²) in [7, 11) is 0. The normalized spacial score (nSPS) is 20.6. The zero-order valence-electron chi connectivity index (χ0n) is 9.90. The number of rotatable bonds is 3. The Labute approximate surface area is 106 Å². The van der Waals surface area contributed by atoms with E-state index in [0.29, 0.717) is 17.7 Å². The number of anilines is 1. The molecule has 1 aliphatic rings. The highest BCUT2D eigenvalue weighted by Crippen LogP contribution is 2.27. The van der Waals surface area contributed by atoms with E-state index in [1.165, 1.54) is 0 Å². The molecule has 0 spiro atoms. The molecule has 2 heterocycles. The number of aromatic nitrogens is 1. The predicted molar refractivity (Wildman–Crippen MR) is 67.4 cm³/mol. The summed E-state index contributed by atoms with van der Waals surface area (Å²) in [6, 6.07) is 2.10. The van der Waals surface area contributed by atoms with Crippen LogP contribution in [-0.4, -0.2) is 35.9 Å². The molecule has 1 N–H and O–H groups in total. The summed E-state index contributed by atoms with van der Waals surface area (Å²) >= 11 is 6.21. The van der Waals surface area contributed by atoms with E-state index < -0.39 is 0 Å². The van der Waals surface area contributed by atoms with Crippen molar-refractivity contribution < 1.29 is 9.84 Å². The van der Waals surface area contributed by atoms with Crippen LogP contribution in [0.25, 0.3) is 0 Å². The molecule has 0 aromatic carbocycles. The quantitative estimate of drug-likeness (QED) is 0.897. The van der Waals surface area contributed by atoms with Gasteiger partial charge in [-0.1, -0.05) is 18.5 Å². The Hall–Kier alpha value is -0.840. The number of aliphatic hydroxyl groups is 1. The van der Waals surface area contributed by atoms with E-state index >= 15 is 0 Å². The Morgan fingerprint density at radius 1 is 1.65 bits per heavy atom. The third-order valence-corrected chi connectivity index (χ3v) is 3.31. The van der Waals surface area contributed by atoms with Gasteiger partial charge in [0.15, 0.2) is 0 Å². The highest BCUT2D eigenvalue weighted by molar-refractivity contribution is 6.33. The van der Waals surface area contributed by atoms with Crippen LogP contribution in [0.5, 0.6) is 0 Å². The smallest absolute Gasteiger partial charge is 0.147 e. The van der Waals surface area contributed by atoms with E-state index in [0.717, 1.165) is 31.0 Å². The molecule has 0 saturated carbocycles. The molecule has 1 atom stereocenters. The van der Waals surface area contributed by atoms with Crippen molar-refractivity contribution >= 4 is 17.4 Å². The lowest BCUT2D eigenvalue weighted by Gasteiger charge is -2.36. The van der Waals surface area contributed by atoms with Crippen molar-refractivity contribution in [3.63, 3.8) is 0 Å². The zero-order valence-corrected chi connectivity index (χ0v) is 10.7. The Bertz CT molecular complexity index is 387. The third kappa shape index (κ3) is 2.70. The molecule has 0 bridgehead atoms. The second kappa shape index (κ2) is 5.67. The van der Waals surface area contributed by atoms with Gasteiger partial charge in [-0.05, 0) is 18.1 Å². The molecule has 2 rings (SSSR count). The van der Waals surface area contributed by atoms with Gasteiger partial charge in [0, 0.05) is 12.7 Å². The average molecular weight is 257 g/mol. The first-order chi connectivity index (χ1) is 8.26. The summed E-state index contributed by atoms with van der Waals surface area (Å²) in [6.45, 7) is 4.33. The zero-order chi connectivity index (χ0) is 12.3. The molecule has 17 heavy (non-hydrogen) atoms. The molecule has 1 saturated heterocycles. The summed E-state index contributed by atoms with van der Waals surface area (Å²) in [5.41, 5.74) is 0.736. The van der Waals surface area contributed by atoms with Gasteiger partial charge < -0.3 is 14.7 Å². The second-order valence-electron chi connectivity index (χ2n) is 4.14. The minimum Gasteiger partial charge on any atom is -0.392 e. The highest BCUT2D eigenvalue weighted by Gasteiger charge is 2.24. The molecule has 94 valence electrons. The van der Waals surface area contributed by atoms with E-state index in [4.69, 9.17) is 21.4 Å². The van der Waals surface area contributed by atoms with Crippen molar-refractivity contribution in [1.82, 2.24) is 4.98 Å². The maximum absolute atomic E-state index is 9.03. The number of hydrogen-bond acceptors (Lipinski definition) is 4. The Balaban J connectivity index is 2.25. The van der Waals surface area contributed by atoms with Gasteiger partial charge in [0.2, 0.25) is 0 Å². The molecule has 4 nitrogen and oxygen atoms in total. The van der Waals surface area contributed by atoms with Crippen molar-refractivity contribution in [2.75, 3.05) is 24.7 Å². The maximum Gasteiger partial charge on any atom is 0.147 e. The molecular weight excluding hydrogens is 240 g/mol. The molecular formula is C12H17ClN2O2. The van der Waals surface area contributed by atoms with Crippen LogP contribution in [0.2, 0.25) is 5.02 Å². The third-order valence-electron chi connectivity index (χ3n) is 3.03. The van der Waals surface area contributed by atoms with Crippen LogP contribution in [0.3, 0.4) is 0 Å². The topological polar surface area (TPSA) is 45.6 Å². The number of pyridine rings is 1. The lowest BCUT2D eigenvalue weighted by atomic mass is 10.1. The van der Waals surface area contributed by atoms with Crippen LogP contribution in [0.1, 0.15) is 18.9 Å². The molecule has 0 aliphatic carbocycles. The SMILES string of the molecule is CCC1COCCN1c1ncc(CO)cc1Cl. The minimum atomic E-state index is -0.0344. The first kappa shape index (κ1) is 12.6. The van der Waals surface area contributed by atoms with E-state index in [1.54, 1.807) is 12.3 Å². The Kier molecular flexibility index (Phi) is 4.20. The maximum atomic E-state index is 9.03. The molecule has 1 aliphatic heterocycles. The molecule has 1 unspecified atom stereocenters. The van der Waals surface area contributed by atoms with Gasteiger partial charge in [0.05, 0.1) is 30.9 Å². The van der Waals surface area contributed by atoms with E-state index in [1.807, 2.05) is 0 Å². The summed E-state index contributed by atoms with van der Waals surface area (Å²) < 4.78 is 5.46. The highest BCUT2D eigenvalue weighted by atomic mass is 35.5. The molecule has 1 aromatic rings. The Morgan fingerprint density at radius 2 is 2.47 bits per heavy atom. The molecule has 1 fully saturated rings. The number of nitrogens with zero attached hydrogens (tertiary/aromatic N) is 2. The van der Waals surface area contributed by atoms with Crippen LogP contribution in [0, 0.1) is 0 Å². The summed E-state index contributed by atoms with van der Waals surface area (Å²) in [4.78, 5) is 6.54. The van der Waals surface area contributed by atoms with Crippen LogP contribution >= 0.6 is 11.6 Å². The van der Waals surface area contributed by atoms with Crippen LogP contribution in [-0.2, 0) is 11.3 Å². The first-order valence-electron chi connectivity index (χ1n) is 5.86. The van der Waals surface area contributed by atoms with Gasteiger partial charge in [0.25, 0.3) is 0 Å². The fourth-order valence-electron chi connectivity index (χ4n) is 2.04. The van der Waals surface area contributed by atoms with Gasteiger partial charge in [-0.25, -0.2) is 4.98 Å². The molecule has 0 amide bonds. The van der Waals surface area contributed by atoms with Crippen LogP contribution in [0.4, 0.5) is 5.82 Å². The summed E-state index contributed by atoms with van der Waals surface area (Å²) in [6.07, 6.45) is 2.67. The summed E-state index contributed by atoms with van der Waals surface area (Å²) in [5, 5.41) is 9.62. The average Bonchev–Trinajstić information content (AvgIpc) is 2.38. The van der Waals surface area contributed by atoms with Gasteiger partial charge in [-0.3, -0.25) is 0 Å². The first-order valence-corrected chi connectivity index (χ1v) is 6.23. The van der Waals surface area contributed by atoms with Gasteiger partial charge in [0.1, 0.15) is 5.82 Å². The van der Waals surface area contributed by atoms with E-state index in [2.05, 4.69) is 16.8 Å².